The molecule has 0 fully saturated rings. The quantitative estimate of drug-likeness (QED) is 0.432. The number of H-pyrrole nitrogens is 1. The van der Waals surface area contributed by atoms with Crippen LogP contribution in [0.4, 0.5) is 8.78 Å². The Kier molecular flexibility index (Phi) is 4.27. The van der Waals surface area contributed by atoms with Gasteiger partial charge in [-0.15, -0.1) is 5.10 Å². The van der Waals surface area contributed by atoms with Gasteiger partial charge in [0, 0.05) is 22.8 Å². The highest BCUT2D eigenvalue weighted by Crippen LogP contribution is 2.28. The molecule has 0 bridgehead atoms. The summed E-state index contributed by atoms with van der Waals surface area (Å²) in [7, 11) is 0. The van der Waals surface area contributed by atoms with Gasteiger partial charge in [0.2, 0.25) is 0 Å². The normalized spacial score (nSPS) is 11.9. The standard InChI is InChI=1S/C19H14F2N6OS/c1-10-2-5-16-11(6-10)7-12(17-24-25-26-27(16)17)9-29-19-22-14-4-3-13(28-18(20)21)8-15(14)23-19/h2-8,18H,9H2,1H3,(H,22,23). The van der Waals surface area contributed by atoms with E-state index >= 15 is 0 Å². The molecule has 146 valence electrons. The van der Waals surface area contributed by atoms with Gasteiger partial charge in [0.1, 0.15) is 5.75 Å². The summed E-state index contributed by atoms with van der Waals surface area (Å²) in [5.74, 6) is 0.683. The lowest BCUT2D eigenvalue weighted by molar-refractivity contribution is -0.0497. The van der Waals surface area contributed by atoms with Crippen LogP contribution in [0.3, 0.4) is 0 Å². The van der Waals surface area contributed by atoms with E-state index in [2.05, 4.69) is 42.4 Å². The first-order valence-corrected chi connectivity index (χ1v) is 9.73. The molecule has 1 N–H and O–H groups in total. The minimum Gasteiger partial charge on any atom is -0.435 e. The number of aromatic amines is 1. The number of aromatic nitrogens is 6. The van der Waals surface area contributed by atoms with E-state index in [4.69, 9.17) is 0 Å². The summed E-state index contributed by atoms with van der Waals surface area (Å²) >= 11 is 1.49. The van der Waals surface area contributed by atoms with Crippen molar-refractivity contribution in [3.63, 3.8) is 0 Å². The molecule has 0 amide bonds. The zero-order valence-corrected chi connectivity index (χ0v) is 16.0. The fraction of sp³-hybridized carbons (Fsp3) is 0.158. The van der Waals surface area contributed by atoms with Crippen molar-refractivity contribution in [3.8, 4) is 5.75 Å². The number of benzene rings is 2. The van der Waals surface area contributed by atoms with Crippen LogP contribution in [-0.4, -0.2) is 36.6 Å². The molecule has 5 rings (SSSR count). The van der Waals surface area contributed by atoms with E-state index in [1.807, 2.05) is 19.1 Å². The molecule has 3 heterocycles. The second-order valence-electron chi connectivity index (χ2n) is 6.53. The molecule has 3 aromatic heterocycles. The molecule has 0 saturated heterocycles. The number of ether oxygens (including phenoxy) is 1. The number of thioether (sulfide) groups is 1. The van der Waals surface area contributed by atoms with Crippen molar-refractivity contribution in [2.45, 2.75) is 24.4 Å². The van der Waals surface area contributed by atoms with E-state index in [9.17, 15) is 8.78 Å². The number of nitrogens with zero attached hydrogens (tertiary/aromatic N) is 5. The van der Waals surface area contributed by atoms with E-state index in [-0.39, 0.29) is 5.75 Å². The molecule has 0 saturated carbocycles. The average molecular weight is 412 g/mol. The predicted octanol–water partition coefficient (Wildman–Crippen LogP) is 4.36. The number of aryl methyl sites for hydroxylation is 1. The number of hydrogen-bond acceptors (Lipinski definition) is 6. The molecule has 0 radical (unpaired) electrons. The molecular formula is C19H14F2N6OS. The second-order valence-corrected chi connectivity index (χ2v) is 7.50. The fourth-order valence-electron chi connectivity index (χ4n) is 3.25. The van der Waals surface area contributed by atoms with Gasteiger partial charge in [-0.2, -0.15) is 13.3 Å². The van der Waals surface area contributed by atoms with Gasteiger partial charge in [-0.3, -0.25) is 0 Å². The largest absolute Gasteiger partial charge is 0.435 e. The van der Waals surface area contributed by atoms with Crippen LogP contribution >= 0.6 is 11.8 Å². The molecule has 10 heteroatoms. The summed E-state index contributed by atoms with van der Waals surface area (Å²) < 4.78 is 31.0. The third kappa shape index (κ3) is 3.35. The van der Waals surface area contributed by atoms with Gasteiger partial charge >= 0.3 is 6.61 Å². The zero-order chi connectivity index (χ0) is 20.0. The van der Waals surface area contributed by atoms with Crippen molar-refractivity contribution in [2.24, 2.45) is 0 Å². The highest BCUT2D eigenvalue weighted by molar-refractivity contribution is 7.98. The van der Waals surface area contributed by atoms with Crippen LogP contribution in [0.5, 0.6) is 5.75 Å². The van der Waals surface area contributed by atoms with Crippen molar-refractivity contribution >= 4 is 39.3 Å². The van der Waals surface area contributed by atoms with Crippen LogP contribution in [0.2, 0.25) is 0 Å². The van der Waals surface area contributed by atoms with Crippen LogP contribution in [0, 0.1) is 6.92 Å². The van der Waals surface area contributed by atoms with Crippen molar-refractivity contribution in [2.75, 3.05) is 0 Å². The minimum absolute atomic E-state index is 0.0915. The maximum atomic E-state index is 12.4. The van der Waals surface area contributed by atoms with Crippen molar-refractivity contribution < 1.29 is 13.5 Å². The summed E-state index contributed by atoms with van der Waals surface area (Å²) in [5, 5.41) is 13.8. The lowest BCUT2D eigenvalue weighted by atomic mass is 10.1. The molecule has 0 aliphatic rings. The molecule has 0 unspecified atom stereocenters. The number of pyridine rings is 1. The Hall–Kier alpha value is -3.27. The minimum atomic E-state index is -2.86. The summed E-state index contributed by atoms with van der Waals surface area (Å²) in [5.41, 5.74) is 5.08. The van der Waals surface area contributed by atoms with Crippen molar-refractivity contribution in [1.29, 1.82) is 0 Å². The Morgan fingerprint density at radius 1 is 1.17 bits per heavy atom. The number of alkyl halides is 2. The second kappa shape index (κ2) is 6.96. The van der Waals surface area contributed by atoms with E-state index in [1.54, 1.807) is 10.6 Å². The molecule has 2 aromatic carbocycles. The maximum Gasteiger partial charge on any atom is 0.387 e. The number of tetrazole rings is 1. The van der Waals surface area contributed by atoms with Gasteiger partial charge < -0.3 is 9.72 Å². The maximum absolute atomic E-state index is 12.4. The van der Waals surface area contributed by atoms with Gasteiger partial charge in [-0.1, -0.05) is 23.4 Å². The van der Waals surface area contributed by atoms with E-state index < -0.39 is 6.61 Å². The first-order chi connectivity index (χ1) is 14.1. The van der Waals surface area contributed by atoms with Crippen molar-refractivity contribution in [1.82, 2.24) is 30.0 Å². The molecular weight excluding hydrogens is 398 g/mol. The van der Waals surface area contributed by atoms with Crippen LogP contribution < -0.4 is 4.74 Å². The molecule has 0 aliphatic heterocycles. The molecule has 0 spiro atoms. The lowest BCUT2D eigenvalue weighted by Gasteiger charge is -2.06. The number of rotatable bonds is 5. The topological polar surface area (TPSA) is 81.0 Å². The lowest BCUT2D eigenvalue weighted by Crippen LogP contribution is -2.01. The van der Waals surface area contributed by atoms with Gasteiger partial charge in [-0.25, -0.2) is 4.98 Å². The predicted molar refractivity (Wildman–Crippen MR) is 105 cm³/mol. The Bertz CT molecular complexity index is 1350. The number of nitrogens with one attached hydrogen (secondary N) is 1. The Labute approximate surface area is 167 Å². The zero-order valence-electron chi connectivity index (χ0n) is 15.1. The van der Waals surface area contributed by atoms with E-state index in [1.165, 1.54) is 23.9 Å². The summed E-state index contributed by atoms with van der Waals surface area (Å²) in [6.45, 7) is -0.821. The van der Waals surface area contributed by atoms with Crippen LogP contribution in [0.15, 0.2) is 47.6 Å². The third-order valence-corrected chi connectivity index (χ3v) is 5.44. The Morgan fingerprint density at radius 2 is 2.07 bits per heavy atom. The molecule has 5 aromatic rings. The molecule has 7 nitrogen and oxygen atoms in total. The first kappa shape index (κ1) is 17.8. The monoisotopic (exact) mass is 412 g/mol. The van der Waals surface area contributed by atoms with Crippen LogP contribution in [-0.2, 0) is 5.75 Å². The van der Waals surface area contributed by atoms with Gasteiger partial charge in [0.25, 0.3) is 0 Å². The number of halogens is 2. The number of imidazole rings is 1. The van der Waals surface area contributed by atoms with E-state index in [0.29, 0.717) is 27.6 Å². The van der Waals surface area contributed by atoms with Crippen molar-refractivity contribution in [3.05, 3.63) is 53.6 Å². The third-order valence-electron chi connectivity index (χ3n) is 4.52. The highest BCUT2D eigenvalue weighted by Gasteiger charge is 2.13. The van der Waals surface area contributed by atoms with Gasteiger partial charge in [0.05, 0.1) is 16.6 Å². The van der Waals surface area contributed by atoms with Gasteiger partial charge in [0.15, 0.2) is 10.8 Å². The Balaban J connectivity index is 1.46. The van der Waals surface area contributed by atoms with Gasteiger partial charge in [-0.05, 0) is 47.7 Å². The fourth-order valence-corrected chi connectivity index (χ4v) is 4.10. The highest BCUT2D eigenvalue weighted by atomic mass is 32.2. The SMILES string of the molecule is Cc1ccc2c(c1)cc(CSc1nc3ccc(OC(F)F)cc3[nH]1)c1nnnn12. The molecule has 0 aliphatic carbocycles. The van der Waals surface area contributed by atoms with Crippen LogP contribution in [0.25, 0.3) is 27.6 Å². The summed E-state index contributed by atoms with van der Waals surface area (Å²) in [4.78, 5) is 7.63. The average Bonchev–Trinajstić information content (AvgIpc) is 3.32. The summed E-state index contributed by atoms with van der Waals surface area (Å²) in [6, 6.07) is 12.8. The molecule has 0 atom stereocenters. The number of hydrogen-bond donors (Lipinski definition) is 1. The smallest absolute Gasteiger partial charge is 0.387 e. The van der Waals surface area contributed by atoms with Crippen LogP contribution in [0.1, 0.15) is 11.1 Å². The summed E-state index contributed by atoms with van der Waals surface area (Å²) in [6.07, 6.45) is 0. The molecule has 29 heavy (non-hydrogen) atoms. The Morgan fingerprint density at radius 3 is 2.93 bits per heavy atom. The number of fused-ring (bicyclic) bond motifs is 4. The first-order valence-electron chi connectivity index (χ1n) is 8.74. The van der Waals surface area contributed by atoms with E-state index in [0.717, 1.165) is 22.0 Å².